The van der Waals surface area contributed by atoms with Crippen LogP contribution < -0.4 is 11.1 Å². The standard InChI is InChI=1S/C29H45N3O5S2/c1-27(2)22-9-12-29(27,23(18-22)19-31-26(33)25(30)10-17-38(3,34)35)20-39(36,37)32-15-13-28(14-16-32)11-8-21-6-4-5-7-24(21)28/h4-7,22-23,25H,8-20,30H2,1-3H3,(H,31,33). The van der Waals surface area contributed by atoms with Crippen molar-refractivity contribution in [1.29, 1.82) is 0 Å². The summed E-state index contributed by atoms with van der Waals surface area (Å²) in [7, 11) is -6.69. The number of amides is 1. The molecule has 8 nitrogen and oxygen atoms in total. The molecule has 1 amide bonds. The molecule has 0 radical (unpaired) electrons. The van der Waals surface area contributed by atoms with Gasteiger partial charge in [-0.1, -0.05) is 38.1 Å². The summed E-state index contributed by atoms with van der Waals surface area (Å²) in [5.41, 5.74) is 8.36. The molecule has 4 aliphatic rings. The molecule has 5 rings (SSSR count). The van der Waals surface area contributed by atoms with Gasteiger partial charge in [0.05, 0.1) is 17.5 Å². The van der Waals surface area contributed by atoms with E-state index in [9.17, 15) is 21.6 Å². The Morgan fingerprint density at radius 1 is 1.10 bits per heavy atom. The van der Waals surface area contributed by atoms with Crippen molar-refractivity contribution >= 4 is 25.8 Å². The maximum absolute atomic E-state index is 14.0. The average molecular weight is 580 g/mol. The van der Waals surface area contributed by atoms with E-state index in [1.807, 2.05) is 0 Å². The van der Waals surface area contributed by atoms with E-state index in [4.69, 9.17) is 5.73 Å². The van der Waals surface area contributed by atoms with Crippen LogP contribution in [0.25, 0.3) is 0 Å². The van der Waals surface area contributed by atoms with Gasteiger partial charge >= 0.3 is 0 Å². The number of nitrogens with zero attached hydrogens (tertiary/aromatic N) is 1. The molecule has 0 aromatic heterocycles. The first kappa shape index (κ1) is 29.0. The molecule has 4 unspecified atom stereocenters. The van der Waals surface area contributed by atoms with Gasteiger partial charge in [0.15, 0.2) is 0 Å². The molecule has 218 valence electrons. The van der Waals surface area contributed by atoms with Gasteiger partial charge in [-0.2, -0.15) is 0 Å². The van der Waals surface area contributed by atoms with Crippen molar-refractivity contribution in [3.05, 3.63) is 35.4 Å². The van der Waals surface area contributed by atoms with Crippen molar-refractivity contribution in [2.75, 3.05) is 37.4 Å². The number of piperidine rings is 1. The second-order valence-electron chi connectivity index (χ2n) is 13.4. The highest BCUT2D eigenvalue weighted by atomic mass is 32.2. The van der Waals surface area contributed by atoms with Crippen molar-refractivity contribution < 1.29 is 21.6 Å². The first-order valence-electron chi connectivity index (χ1n) is 14.5. The summed E-state index contributed by atoms with van der Waals surface area (Å²) in [6.07, 6.45) is 7.87. The van der Waals surface area contributed by atoms with E-state index in [0.29, 0.717) is 25.6 Å². The minimum absolute atomic E-state index is 0.0462. The summed E-state index contributed by atoms with van der Waals surface area (Å²) in [4.78, 5) is 12.7. The summed E-state index contributed by atoms with van der Waals surface area (Å²) < 4.78 is 52.7. The quantitative estimate of drug-likeness (QED) is 0.463. The number of sulfonamides is 1. The third-order valence-corrected chi connectivity index (χ3v) is 14.2. The van der Waals surface area contributed by atoms with Gasteiger partial charge in [0.1, 0.15) is 9.84 Å². The largest absolute Gasteiger partial charge is 0.354 e. The van der Waals surface area contributed by atoms with Crippen LogP contribution in [-0.4, -0.2) is 70.5 Å². The predicted octanol–water partition coefficient (Wildman–Crippen LogP) is 2.62. The third-order valence-electron chi connectivity index (χ3n) is 11.2. The molecular formula is C29H45N3O5S2. The molecule has 1 aromatic rings. The molecule has 2 saturated carbocycles. The van der Waals surface area contributed by atoms with Gasteiger partial charge < -0.3 is 11.1 Å². The molecule has 39 heavy (non-hydrogen) atoms. The van der Waals surface area contributed by atoms with Crippen LogP contribution in [0, 0.1) is 22.7 Å². The fourth-order valence-corrected chi connectivity index (χ4v) is 11.6. The molecule has 3 aliphatic carbocycles. The molecule has 4 atom stereocenters. The topological polar surface area (TPSA) is 127 Å². The van der Waals surface area contributed by atoms with E-state index in [2.05, 4.69) is 43.4 Å². The number of carbonyl (C=O) groups excluding carboxylic acids is 1. The number of carbonyl (C=O) groups is 1. The van der Waals surface area contributed by atoms with Crippen LogP contribution in [0.4, 0.5) is 0 Å². The van der Waals surface area contributed by atoms with E-state index in [-0.39, 0.29) is 40.6 Å². The van der Waals surface area contributed by atoms with Gasteiger partial charge in [-0.25, -0.2) is 21.1 Å². The fourth-order valence-electron chi connectivity index (χ4n) is 8.61. The van der Waals surface area contributed by atoms with E-state index >= 15 is 0 Å². The summed E-state index contributed by atoms with van der Waals surface area (Å²) in [5.74, 6) is 0.0899. The van der Waals surface area contributed by atoms with Crippen molar-refractivity contribution in [3.63, 3.8) is 0 Å². The van der Waals surface area contributed by atoms with Crippen LogP contribution in [0.2, 0.25) is 0 Å². The molecule has 3 N–H and O–H groups in total. The van der Waals surface area contributed by atoms with Gasteiger partial charge in [-0.15, -0.1) is 0 Å². The van der Waals surface area contributed by atoms with Crippen LogP contribution in [0.5, 0.6) is 0 Å². The van der Waals surface area contributed by atoms with Gasteiger partial charge in [-0.05, 0) is 90.6 Å². The molecule has 3 fully saturated rings. The second kappa shape index (κ2) is 10.1. The van der Waals surface area contributed by atoms with Crippen LogP contribution in [0.3, 0.4) is 0 Å². The molecule has 10 heteroatoms. The van der Waals surface area contributed by atoms with E-state index in [1.165, 1.54) is 11.1 Å². The van der Waals surface area contributed by atoms with Crippen LogP contribution >= 0.6 is 0 Å². The average Bonchev–Trinajstić information content (AvgIpc) is 3.42. The Balaban J connectivity index is 1.26. The normalized spacial score (nSPS) is 30.4. The number of sulfone groups is 1. The van der Waals surface area contributed by atoms with Crippen LogP contribution in [-0.2, 0) is 36.5 Å². The highest BCUT2D eigenvalue weighted by Crippen LogP contribution is 2.68. The van der Waals surface area contributed by atoms with Crippen LogP contribution in [0.1, 0.15) is 69.9 Å². The molecule has 1 saturated heterocycles. The van der Waals surface area contributed by atoms with Gasteiger partial charge in [0.2, 0.25) is 15.9 Å². The van der Waals surface area contributed by atoms with Crippen molar-refractivity contribution in [2.45, 2.75) is 76.7 Å². The summed E-state index contributed by atoms with van der Waals surface area (Å²) in [5, 5.41) is 2.95. The molecular weight excluding hydrogens is 534 g/mol. The number of hydrogen-bond acceptors (Lipinski definition) is 6. The van der Waals surface area contributed by atoms with Gasteiger partial charge in [0.25, 0.3) is 0 Å². The number of benzene rings is 1. The predicted molar refractivity (Wildman–Crippen MR) is 153 cm³/mol. The maximum Gasteiger partial charge on any atom is 0.236 e. The van der Waals surface area contributed by atoms with Crippen molar-refractivity contribution in [1.82, 2.24) is 9.62 Å². The van der Waals surface area contributed by atoms with Crippen molar-refractivity contribution in [3.8, 4) is 0 Å². The minimum Gasteiger partial charge on any atom is -0.354 e. The number of aryl methyl sites for hydroxylation is 1. The number of nitrogens with one attached hydrogen (secondary N) is 1. The number of fused-ring (bicyclic) bond motifs is 4. The lowest BCUT2D eigenvalue weighted by Crippen LogP contribution is -2.52. The monoisotopic (exact) mass is 579 g/mol. The Morgan fingerprint density at radius 2 is 1.79 bits per heavy atom. The minimum atomic E-state index is -3.49. The molecule has 1 aliphatic heterocycles. The van der Waals surface area contributed by atoms with Gasteiger partial charge in [0, 0.05) is 25.9 Å². The number of hydrogen-bond donors (Lipinski definition) is 2. The Bertz CT molecular complexity index is 1320. The Hall–Kier alpha value is -1.49. The Morgan fingerprint density at radius 3 is 2.46 bits per heavy atom. The number of rotatable bonds is 9. The Labute approximate surface area is 234 Å². The zero-order valence-corrected chi connectivity index (χ0v) is 25.2. The summed E-state index contributed by atoms with van der Waals surface area (Å²) >= 11 is 0. The SMILES string of the molecule is CC1(C)C2CCC1(CS(=O)(=O)N1CCC3(CCc4ccccc43)CC1)C(CNC(=O)C(N)CCS(C)(=O)=O)C2. The zero-order valence-electron chi connectivity index (χ0n) is 23.6. The highest BCUT2D eigenvalue weighted by Gasteiger charge is 2.65. The molecule has 1 heterocycles. The summed E-state index contributed by atoms with van der Waals surface area (Å²) in [6, 6.07) is 7.74. The molecule has 2 bridgehead atoms. The lowest BCUT2D eigenvalue weighted by Gasteiger charge is -2.45. The zero-order chi connectivity index (χ0) is 28.3. The third kappa shape index (κ3) is 5.19. The number of nitrogens with two attached hydrogens (primary N) is 1. The van der Waals surface area contributed by atoms with E-state index in [0.717, 1.165) is 51.2 Å². The van der Waals surface area contributed by atoms with Crippen LogP contribution in [0.15, 0.2) is 24.3 Å². The Kier molecular flexibility index (Phi) is 7.52. The lowest BCUT2D eigenvalue weighted by molar-refractivity contribution is -0.122. The molecule has 1 aromatic carbocycles. The smallest absolute Gasteiger partial charge is 0.236 e. The summed E-state index contributed by atoms with van der Waals surface area (Å²) in [6.45, 7) is 5.92. The fraction of sp³-hybridized carbons (Fsp3) is 0.759. The first-order chi connectivity index (χ1) is 18.2. The second-order valence-corrected chi connectivity index (χ2v) is 17.6. The van der Waals surface area contributed by atoms with Gasteiger partial charge in [-0.3, -0.25) is 4.79 Å². The van der Waals surface area contributed by atoms with Crippen molar-refractivity contribution in [2.24, 2.45) is 28.4 Å². The molecule has 1 spiro atoms. The maximum atomic E-state index is 14.0. The van der Waals surface area contributed by atoms with E-state index in [1.54, 1.807) is 4.31 Å². The highest BCUT2D eigenvalue weighted by molar-refractivity contribution is 7.90. The lowest BCUT2D eigenvalue weighted by atomic mass is 9.66. The first-order valence-corrected chi connectivity index (χ1v) is 18.1. The van der Waals surface area contributed by atoms with E-state index < -0.39 is 31.3 Å².